The third-order valence-electron chi connectivity index (χ3n) is 3.95. The first kappa shape index (κ1) is 16.8. The number of alkyl halides is 1. The summed E-state index contributed by atoms with van der Waals surface area (Å²) in [6.45, 7) is 1.91. The zero-order valence-corrected chi connectivity index (χ0v) is 14.8. The molecule has 1 unspecified atom stereocenters. The number of anilines is 1. The lowest BCUT2D eigenvalue weighted by atomic mass is 10.1. The van der Waals surface area contributed by atoms with Crippen LogP contribution in [0.25, 0.3) is 0 Å². The number of fused-ring (bicyclic) bond motifs is 1. The van der Waals surface area contributed by atoms with Gasteiger partial charge < -0.3 is 5.73 Å². The van der Waals surface area contributed by atoms with Gasteiger partial charge in [-0.15, -0.1) is 11.6 Å². The van der Waals surface area contributed by atoms with Gasteiger partial charge in [0.25, 0.3) is 10.0 Å². The zero-order valence-electron chi connectivity index (χ0n) is 13.2. The molecule has 0 saturated carbocycles. The summed E-state index contributed by atoms with van der Waals surface area (Å²) in [5, 5.41) is 0. The normalized spacial score (nSPS) is 17.8. The molecule has 0 amide bonds. The predicted octanol–water partition coefficient (Wildman–Crippen LogP) is 3.05. The summed E-state index contributed by atoms with van der Waals surface area (Å²) in [7, 11) is -3.62. The number of hydrogen-bond acceptors (Lipinski definition) is 3. The molecule has 1 atom stereocenters. The molecule has 0 bridgehead atoms. The minimum absolute atomic E-state index is 0.114. The molecule has 2 aromatic rings. The summed E-state index contributed by atoms with van der Waals surface area (Å²) in [6, 6.07) is 13.8. The number of aliphatic imine (C=N–C) groups is 1. The molecule has 0 fully saturated rings. The van der Waals surface area contributed by atoms with Crippen LogP contribution in [0, 0.1) is 0 Å². The van der Waals surface area contributed by atoms with Crippen LogP contribution in [0.1, 0.15) is 12.5 Å². The first-order chi connectivity index (χ1) is 11.4. The summed E-state index contributed by atoms with van der Waals surface area (Å²) >= 11 is 5.60. The van der Waals surface area contributed by atoms with Crippen LogP contribution >= 0.6 is 11.6 Å². The van der Waals surface area contributed by atoms with Gasteiger partial charge in [-0.2, -0.15) is 0 Å². The minimum atomic E-state index is -3.62. The summed E-state index contributed by atoms with van der Waals surface area (Å²) < 4.78 is 27.6. The van der Waals surface area contributed by atoms with Crippen LogP contribution in [-0.4, -0.2) is 26.2 Å². The lowest BCUT2D eigenvalue weighted by molar-refractivity contribution is 0.584. The molecule has 126 valence electrons. The SMILES string of the molecule is CC1Cc2ccccc2N1S(=O)(=O)c1ccc(N=C(N)CCl)cc1. The average Bonchev–Trinajstić information content (AvgIpc) is 2.91. The second-order valence-electron chi connectivity index (χ2n) is 5.71. The fraction of sp³-hybridized carbons (Fsp3) is 0.235. The van der Waals surface area contributed by atoms with E-state index < -0.39 is 10.0 Å². The average molecular weight is 364 g/mol. The zero-order chi connectivity index (χ0) is 17.3. The number of benzene rings is 2. The van der Waals surface area contributed by atoms with Gasteiger partial charge in [0, 0.05) is 6.04 Å². The highest BCUT2D eigenvalue weighted by molar-refractivity contribution is 7.92. The maximum atomic E-state index is 13.0. The molecular weight excluding hydrogens is 346 g/mol. The van der Waals surface area contributed by atoms with Gasteiger partial charge in [0.2, 0.25) is 0 Å². The largest absolute Gasteiger partial charge is 0.386 e. The van der Waals surface area contributed by atoms with E-state index in [1.54, 1.807) is 24.3 Å². The topological polar surface area (TPSA) is 75.8 Å². The lowest BCUT2D eigenvalue weighted by Crippen LogP contribution is -2.35. The van der Waals surface area contributed by atoms with Crippen molar-refractivity contribution in [1.82, 2.24) is 0 Å². The Labute approximate surface area is 146 Å². The molecule has 5 nitrogen and oxygen atoms in total. The third kappa shape index (κ3) is 2.99. The summed E-state index contributed by atoms with van der Waals surface area (Å²) in [4.78, 5) is 4.33. The van der Waals surface area contributed by atoms with Crippen molar-refractivity contribution < 1.29 is 8.42 Å². The molecular formula is C17H18ClN3O2S. The van der Waals surface area contributed by atoms with E-state index in [9.17, 15) is 8.42 Å². The highest BCUT2D eigenvalue weighted by Crippen LogP contribution is 2.36. The number of rotatable bonds is 4. The maximum Gasteiger partial charge on any atom is 0.264 e. The van der Waals surface area contributed by atoms with E-state index in [-0.39, 0.29) is 22.7 Å². The van der Waals surface area contributed by atoms with E-state index in [0.717, 1.165) is 11.3 Å². The lowest BCUT2D eigenvalue weighted by Gasteiger charge is -2.24. The van der Waals surface area contributed by atoms with Gasteiger partial charge in [0.05, 0.1) is 22.2 Å². The molecule has 7 heteroatoms. The van der Waals surface area contributed by atoms with Crippen LogP contribution < -0.4 is 10.0 Å². The van der Waals surface area contributed by atoms with E-state index >= 15 is 0 Å². The smallest absolute Gasteiger partial charge is 0.264 e. The van der Waals surface area contributed by atoms with Gasteiger partial charge in [-0.3, -0.25) is 4.31 Å². The second kappa shape index (κ2) is 6.45. The van der Waals surface area contributed by atoms with E-state index in [1.807, 2.05) is 31.2 Å². The number of nitrogens with two attached hydrogens (primary N) is 1. The van der Waals surface area contributed by atoms with Gasteiger partial charge >= 0.3 is 0 Å². The molecule has 2 N–H and O–H groups in total. The Morgan fingerprint density at radius 3 is 2.58 bits per heavy atom. The van der Waals surface area contributed by atoms with Crippen LogP contribution in [-0.2, 0) is 16.4 Å². The summed E-state index contributed by atoms with van der Waals surface area (Å²) in [6.07, 6.45) is 0.712. The number of sulfonamides is 1. The Morgan fingerprint density at radius 1 is 1.25 bits per heavy atom. The molecule has 0 aliphatic carbocycles. The van der Waals surface area contributed by atoms with Gasteiger partial charge in [0.1, 0.15) is 5.84 Å². The first-order valence-corrected chi connectivity index (χ1v) is 9.52. The summed E-state index contributed by atoms with van der Waals surface area (Å²) in [5.41, 5.74) is 7.96. The van der Waals surface area contributed by atoms with Crippen molar-refractivity contribution in [3.8, 4) is 0 Å². The van der Waals surface area contributed by atoms with E-state index in [2.05, 4.69) is 4.99 Å². The quantitative estimate of drug-likeness (QED) is 0.515. The molecule has 1 aliphatic rings. The Kier molecular flexibility index (Phi) is 4.51. The number of para-hydroxylation sites is 1. The van der Waals surface area contributed by atoms with Crippen molar-refractivity contribution in [2.75, 3.05) is 10.2 Å². The Bertz CT molecular complexity index is 879. The van der Waals surface area contributed by atoms with Crippen molar-refractivity contribution in [2.24, 2.45) is 10.7 Å². The maximum absolute atomic E-state index is 13.0. The van der Waals surface area contributed by atoms with Gasteiger partial charge in [-0.05, 0) is 49.2 Å². The highest BCUT2D eigenvalue weighted by Gasteiger charge is 2.35. The standard InChI is InChI=1S/C17H18ClN3O2S/c1-12-10-13-4-2-3-5-16(13)21(12)24(22,23)15-8-6-14(7-9-15)20-17(19)11-18/h2-9,12H,10-11H2,1H3,(H2,19,20). The second-order valence-corrected chi connectivity index (χ2v) is 7.80. The molecule has 0 saturated heterocycles. The van der Waals surface area contributed by atoms with Crippen molar-refractivity contribution in [2.45, 2.75) is 24.3 Å². The number of nitrogens with zero attached hydrogens (tertiary/aromatic N) is 2. The van der Waals surface area contributed by atoms with E-state index in [1.165, 1.54) is 4.31 Å². The van der Waals surface area contributed by atoms with Gasteiger partial charge in [0.15, 0.2) is 0 Å². The fourth-order valence-electron chi connectivity index (χ4n) is 2.91. The van der Waals surface area contributed by atoms with E-state index in [0.29, 0.717) is 12.1 Å². The fourth-order valence-corrected chi connectivity index (χ4v) is 4.66. The molecule has 1 heterocycles. The molecule has 2 aromatic carbocycles. The van der Waals surface area contributed by atoms with Crippen LogP contribution in [0.4, 0.5) is 11.4 Å². The molecule has 3 rings (SSSR count). The van der Waals surface area contributed by atoms with Crippen molar-refractivity contribution in [1.29, 1.82) is 0 Å². The summed E-state index contributed by atoms with van der Waals surface area (Å²) in [5.74, 6) is 0.414. The van der Waals surface area contributed by atoms with Crippen LogP contribution in [0.3, 0.4) is 0 Å². The third-order valence-corrected chi connectivity index (χ3v) is 6.16. The van der Waals surface area contributed by atoms with Crippen LogP contribution in [0.15, 0.2) is 58.4 Å². The monoisotopic (exact) mass is 363 g/mol. The molecule has 0 radical (unpaired) electrons. The Balaban J connectivity index is 1.97. The molecule has 24 heavy (non-hydrogen) atoms. The Hall–Kier alpha value is -2.05. The molecule has 1 aliphatic heterocycles. The minimum Gasteiger partial charge on any atom is -0.386 e. The van der Waals surface area contributed by atoms with E-state index in [4.69, 9.17) is 17.3 Å². The molecule has 0 aromatic heterocycles. The van der Waals surface area contributed by atoms with Crippen molar-refractivity contribution >= 4 is 38.8 Å². The predicted molar refractivity (Wildman–Crippen MR) is 97.7 cm³/mol. The van der Waals surface area contributed by atoms with Gasteiger partial charge in [-0.1, -0.05) is 18.2 Å². The first-order valence-electron chi connectivity index (χ1n) is 7.55. The molecule has 0 spiro atoms. The van der Waals surface area contributed by atoms with Crippen molar-refractivity contribution in [3.63, 3.8) is 0 Å². The van der Waals surface area contributed by atoms with Crippen LogP contribution in [0.5, 0.6) is 0 Å². The van der Waals surface area contributed by atoms with Gasteiger partial charge in [-0.25, -0.2) is 13.4 Å². The number of hydrogen-bond donors (Lipinski definition) is 1. The van der Waals surface area contributed by atoms with Crippen LogP contribution in [0.2, 0.25) is 0 Å². The number of amidine groups is 1. The van der Waals surface area contributed by atoms with Crippen molar-refractivity contribution in [3.05, 3.63) is 54.1 Å². The Morgan fingerprint density at radius 2 is 1.92 bits per heavy atom. The number of halogens is 1. The highest BCUT2D eigenvalue weighted by atomic mass is 35.5.